The summed E-state index contributed by atoms with van der Waals surface area (Å²) >= 11 is 0. The van der Waals surface area contributed by atoms with Gasteiger partial charge < -0.3 is 10.5 Å². The molecule has 5 heteroatoms. The lowest BCUT2D eigenvalue weighted by Crippen LogP contribution is -2.32. The van der Waals surface area contributed by atoms with E-state index in [2.05, 4.69) is 0 Å². The van der Waals surface area contributed by atoms with Gasteiger partial charge in [0, 0.05) is 12.8 Å². The van der Waals surface area contributed by atoms with Gasteiger partial charge in [-0.05, 0) is 12.8 Å². The van der Waals surface area contributed by atoms with E-state index in [1.165, 1.54) is 0 Å². The average Bonchev–Trinajstić information content (AvgIpc) is 2.08. The smallest absolute Gasteiger partial charge is 0.319 e. The molecule has 0 bridgehead atoms. The zero-order valence-electron chi connectivity index (χ0n) is 7.26. The molecule has 1 aliphatic rings. The first kappa shape index (κ1) is 10.4. The van der Waals surface area contributed by atoms with Gasteiger partial charge >= 0.3 is 5.97 Å². The van der Waals surface area contributed by atoms with Crippen molar-refractivity contribution in [2.45, 2.75) is 37.7 Å². The van der Waals surface area contributed by atoms with E-state index in [1.807, 2.05) is 0 Å². The molecule has 0 atom stereocenters. The summed E-state index contributed by atoms with van der Waals surface area (Å²) in [5.41, 5.74) is 5.02. The van der Waals surface area contributed by atoms with Crippen molar-refractivity contribution in [3.63, 3.8) is 0 Å². The van der Waals surface area contributed by atoms with E-state index < -0.39 is 11.9 Å². The molecule has 0 unspecified atom stereocenters. The lowest BCUT2D eigenvalue weighted by atomic mass is 9.94. The van der Waals surface area contributed by atoms with Crippen LogP contribution in [0.25, 0.3) is 0 Å². The number of esters is 1. The molecule has 2 N–H and O–H groups in total. The summed E-state index contributed by atoms with van der Waals surface area (Å²) in [6.45, 7) is -0.188. The van der Waals surface area contributed by atoms with E-state index in [9.17, 15) is 13.6 Å². The number of hydrogen-bond acceptors (Lipinski definition) is 3. The highest BCUT2D eigenvalue weighted by Gasteiger charge is 2.36. The molecule has 0 spiro atoms. The third-order valence-corrected chi connectivity index (χ3v) is 2.13. The Bertz CT molecular complexity index is 187. The second-order valence-electron chi connectivity index (χ2n) is 3.25. The zero-order chi connectivity index (χ0) is 9.90. The van der Waals surface area contributed by atoms with Gasteiger partial charge in [0.15, 0.2) is 0 Å². The van der Waals surface area contributed by atoms with Gasteiger partial charge in [0.05, 0.1) is 6.54 Å². The standard InChI is InChI=1S/C8H13F2NO2/c9-8(10)3-1-6(2-4-8)13-7(12)5-11/h6H,1-5,11H2. The van der Waals surface area contributed by atoms with Crippen LogP contribution in [0.4, 0.5) is 8.78 Å². The van der Waals surface area contributed by atoms with Gasteiger partial charge in [-0.25, -0.2) is 8.78 Å². The minimum atomic E-state index is -2.58. The lowest BCUT2D eigenvalue weighted by Gasteiger charge is -2.27. The maximum absolute atomic E-state index is 12.6. The summed E-state index contributed by atoms with van der Waals surface area (Å²) in [4.78, 5) is 10.7. The summed E-state index contributed by atoms with van der Waals surface area (Å²) in [6, 6.07) is 0. The van der Waals surface area contributed by atoms with Crippen LogP contribution >= 0.6 is 0 Å². The molecule has 0 saturated heterocycles. The van der Waals surface area contributed by atoms with Crippen LogP contribution in [-0.2, 0) is 9.53 Å². The van der Waals surface area contributed by atoms with Crippen LogP contribution < -0.4 is 5.73 Å². The maximum Gasteiger partial charge on any atom is 0.319 e. The van der Waals surface area contributed by atoms with Crippen molar-refractivity contribution >= 4 is 5.97 Å². The minimum Gasteiger partial charge on any atom is -0.461 e. The Morgan fingerprint density at radius 2 is 2.00 bits per heavy atom. The quantitative estimate of drug-likeness (QED) is 0.667. The van der Waals surface area contributed by atoms with E-state index in [0.29, 0.717) is 0 Å². The Morgan fingerprint density at radius 1 is 1.46 bits per heavy atom. The Kier molecular flexibility index (Phi) is 3.19. The van der Waals surface area contributed by atoms with Crippen molar-refractivity contribution in [3.05, 3.63) is 0 Å². The molecule has 0 aromatic heterocycles. The fourth-order valence-electron chi connectivity index (χ4n) is 1.37. The molecule has 1 aliphatic carbocycles. The second-order valence-corrected chi connectivity index (χ2v) is 3.25. The Morgan fingerprint density at radius 3 is 2.46 bits per heavy atom. The first-order valence-electron chi connectivity index (χ1n) is 4.31. The van der Waals surface area contributed by atoms with E-state index in [1.54, 1.807) is 0 Å². The van der Waals surface area contributed by atoms with Gasteiger partial charge in [-0.2, -0.15) is 0 Å². The minimum absolute atomic E-state index is 0.188. The molecule has 1 rings (SSSR count). The highest BCUT2D eigenvalue weighted by molar-refractivity contribution is 5.71. The molecule has 0 amide bonds. The van der Waals surface area contributed by atoms with Crippen LogP contribution in [0.2, 0.25) is 0 Å². The Hall–Kier alpha value is -0.710. The van der Waals surface area contributed by atoms with Crippen molar-refractivity contribution < 1.29 is 18.3 Å². The molecule has 0 aromatic rings. The van der Waals surface area contributed by atoms with Crippen molar-refractivity contribution in [2.75, 3.05) is 6.54 Å². The summed E-state index contributed by atoms with van der Waals surface area (Å²) in [7, 11) is 0. The van der Waals surface area contributed by atoms with Crippen LogP contribution in [-0.4, -0.2) is 24.5 Å². The van der Waals surface area contributed by atoms with E-state index >= 15 is 0 Å². The monoisotopic (exact) mass is 193 g/mol. The van der Waals surface area contributed by atoms with Crippen molar-refractivity contribution in [1.29, 1.82) is 0 Å². The van der Waals surface area contributed by atoms with Crippen molar-refractivity contribution in [1.82, 2.24) is 0 Å². The van der Waals surface area contributed by atoms with Crippen LogP contribution in [0.5, 0.6) is 0 Å². The largest absolute Gasteiger partial charge is 0.461 e. The molecular formula is C8H13F2NO2. The molecule has 1 saturated carbocycles. The SMILES string of the molecule is NCC(=O)OC1CCC(F)(F)CC1. The van der Waals surface area contributed by atoms with Crippen LogP contribution in [0.3, 0.4) is 0 Å². The molecule has 0 aromatic carbocycles. The summed E-state index contributed by atoms with van der Waals surface area (Å²) in [5, 5.41) is 0. The number of carbonyl (C=O) groups excluding carboxylic acids is 1. The number of nitrogens with two attached hydrogens (primary N) is 1. The third-order valence-electron chi connectivity index (χ3n) is 2.13. The summed E-state index contributed by atoms with van der Waals surface area (Å²) in [5.74, 6) is -3.10. The van der Waals surface area contributed by atoms with Crippen LogP contribution in [0.15, 0.2) is 0 Å². The number of ether oxygens (including phenoxy) is 1. The van der Waals surface area contributed by atoms with Gasteiger partial charge in [0.25, 0.3) is 0 Å². The molecule has 3 nitrogen and oxygen atoms in total. The molecule has 0 heterocycles. The zero-order valence-corrected chi connectivity index (χ0v) is 7.26. The second kappa shape index (κ2) is 4.00. The van der Waals surface area contributed by atoms with Gasteiger partial charge in [-0.15, -0.1) is 0 Å². The van der Waals surface area contributed by atoms with Crippen molar-refractivity contribution in [2.24, 2.45) is 5.73 Å². The molecule has 0 aliphatic heterocycles. The molecular weight excluding hydrogens is 180 g/mol. The normalized spacial score (nSPS) is 22.7. The Labute approximate surface area is 75.2 Å². The molecule has 1 fully saturated rings. The average molecular weight is 193 g/mol. The summed E-state index contributed by atoms with van der Waals surface area (Å²) < 4.78 is 30.1. The molecule has 0 radical (unpaired) electrons. The fraction of sp³-hybridized carbons (Fsp3) is 0.875. The van der Waals surface area contributed by atoms with Gasteiger partial charge in [-0.1, -0.05) is 0 Å². The van der Waals surface area contributed by atoms with Crippen LogP contribution in [0, 0.1) is 0 Å². The van der Waals surface area contributed by atoms with Gasteiger partial charge in [0.1, 0.15) is 6.10 Å². The lowest BCUT2D eigenvalue weighted by molar-refractivity contribution is -0.153. The van der Waals surface area contributed by atoms with Crippen LogP contribution in [0.1, 0.15) is 25.7 Å². The number of hydrogen-bond donors (Lipinski definition) is 1. The first-order chi connectivity index (χ1) is 6.03. The maximum atomic E-state index is 12.6. The van der Waals surface area contributed by atoms with Gasteiger partial charge in [0.2, 0.25) is 5.92 Å². The third kappa shape index (κ3) is 3.26. The van der Waals surface area contributed by atoms with Gasteiger partial charge in [-0.3, -0.25) is 4.79 Å². The number of alkyl halides is 2. The molecule has 13 heavy (non-hydrogen) atoms. The first-order valence-corrected chi connectivity index (χ1v) is 4.31. The predicted octanol–water partition coefficient (Wildman–Crippen LogP) is 1.07. The Balaban J connectivity index is 2.29. The van der Waals surface area contributed by atoms with E-state index in [-0.39, 0.29) is 38.3 Å². The fourth-order valence-corrected chi connectivity index (χ4v) is 1.37. The topological polar surface area (TPSA) is 52.3 Å². The molecule has 76 valence electrons. The number of halogens is 2. The number of rotatable bonds is 2. The number of carbonyl (C=O) groups is 1. The van der Waals surface area contributed by atoms with Crippen molar-refractivity contribution in [3.8, 4) is 0 Å². The highest BCUT2D eigenvalue weighted by atomic mass is 19.3. The van der Waals surface area contributed by atoms with E-state index in [0.717, 1.165) is 0 Å². The highest BCUT2D eigenvalue weighted by Crippen LogP contribution is 2.34. The summed E-state index contributed by atoms with van der Waals surface area (Å²) in [6.07, 6.45) is -0.293. The van der Waals surface area contributed by atoms with E-state index in [4.69, 9.17) is 10.5 Å². The predicted molar refractivity (Wildman–Crippen MR) is 42.3 cm³/mol.